The summed E-state index contributed by atoms with van der Waals surface area (Å²) in [6.45, 7) is 3.85. The molecule has 0 aromatic heterocycles. The molecule has 0 bridgehead atoms. The quantitative estimate of drug-likeness (QED) is 0.284. The number of aliphatic hydroxyl groups excluding tert-OH is 1. The van der Waals surface area contributed by atoms with E-state index in [1.165, 1.54) is 31.1 Å². The van der Waals surface area contributed by atoms with Crippen LogP contribution in [-0.4, -0.2) is 35.1 Å². The number of hydrogen-bond acceptors (Lipinski definition) is 3. The normalized spacial score (nSPS) is 12.6. The van der Waals surface area contributed by atoms with Crippen molar-refractivity contribution in [2.24, 2.45) is 4.99 Å². The van der Waals surface area contributed by atoms with Crippen molar-refractivity contribution < 1.29 is 34.7 Å². The van der Waals surface area contributed by atoms with Gasteiger partial charge in [0.1, 0.15) is 0 Å². The second kappa shape index (κ2) is 10.7. The molecule has 1 aliphatic rings. The fourth-order valence-corrected chi connectivity index (χ4v) is 2.56. The molecule has 2 aromatic rings. The number of aliphatic hydroxyl groups is 1. The van der Waals surface area contributed by atoms with Gasteiger partial charge in [0, 0.05) is 32.4 Å². The number of aliphatic imine (C=N–C) groups is 1. The van der Waals surface area contributed by atoms with E-state index < -0.39 is 0 Å². The van der Waals surface area contributed by atoms with Crippen LogP contribution in [0.1, 0.15) is 30.5 Å². The zero-order valence-electron chi connectivity index (χ0n) is 15.1. The van der Waals surface area contributed by atoms with E-state index in [2.05, 4.69) is 35.3 Å². The van der Waals surface area contributed by atoms with Gasteiger partial charge < -0.3 is 14.8 Å². The molecule has 139 valence electrons. The maximum Gasteiger partial charge on any atom is 0.316 e. The average molecular weight is 530 g/mol. The molecular formula is C21H23IrNO3. The van der Waals surface area contributed by atoms with Crippen LogP contribution in [-0.2, 0) is 26.5 Å². The Balaban J connectivity index is 0.000000366. The number of ketones is 1. The summed E-state index contributed by atoms with van der Waals surface area (Å²) in [4.78, 5) is 13.0. The fourth-order valence-electron chi connectivity index (χ4n) is 2.56. The molecule has 3 rings (SSSR count). The number of nitrogens with zero attached hydrogens (tertiary/aromatic N) is 1. The Hall–Kier alpha value is -2.23. The van der Waals surface area contributed by atoms with Crippen LogP contribution in [0, 0.1) is 6.07 Å². The fraction of sp³-hybridized carbons (Fsp3) is 0.238. The van der Waals surface area contributed by atoms with Gasteiger partial charge in [-0.15, -0.1) is 29.8 Å². The maximum absolute atomic E-state index is 8.40. The van der Waals surface area contributed by atoms with Crippen LogP contribution < -0.4 is 4.74 Å². The van der Waals surface area contributed by atoms with E-state index in [9.17, 15) is 0 Å². The largest absolute Gasteiger partial charge is 0.540 e. The number of rotatable bonds is 3. The molecule has 5 heteroatoms. The van der Waals surface area contributed by atoms with Crippen molar-refractivity contribution in [3.05, 3.63) is 77.1 Å². The summed E-state index contributed by atoms with van der Waals surface area (Å²) in [5.41, 5.74) is 4.67. The number of benzene rings is 2. The second-order valence-corrected chi connectivity index (χ2v) is 5.71. The van der Waals surface area contributed by atoms with Crippen LogP contribution in [0.15, 0.2) is 59.3 Å². The van der Waals surface area contributed by atoms with Gasteiger partial charge in [-0.25, -0.2) is 0 Å². The summed E-state index contributed by atoms with van der Waals surface area (Å²) in [7, 11) is 1.66. The SMILES string of the molecule is CC(=[OH+])/C=C(/C)O.COc1c[c-]c(C2=NCCc3ccccc32)cc1.[Ir]. The number of carbonyl (C=O) groups excluding carboxylic acids is 1. The van der Waals surface area contributed by atoms with Gasteiger partial charge in [0.25, 0.3) is 0 Å². The molecule has 0 atom stereocenters. The zero-order valence-corrected chi connectivity index (χ0v) is 17.5. The van der Waals surface area contributed by atoms with E-state index in [4.69, 9.17) is 14.6 Å². The molecule has 0 fully saturated rings. The van der Waals surface area contributed by atoms with Crippen LogP contribution in [0.25, 0.3) is 0 Å². The Morgan fingerprint density at radius 2 is 1.96 bits per heavy atom. The maximum atomic E-state index is 8.40. The Kier molecular flexibility index (Phi) is 8.97. The van der Waals surface area contributed by atoms with Gasteiger partial charge >= 0.3 is 5.78 Å². The van der Waals surface area contributed by atoms with Crippen molar-refractivity contribution in [1.29, 1.82) is 0 Å². The first kappa shape index (κ1) is 21.8. The Bertz CT molecular complexity index is 791. The van der Waals surface area contributed by atoms with E-state index in [0.29, 0.717) is 0 Å². The van der Waals surface area contributed by atoms with Gasteiger partial charge in [-0.2, -0.15) is 0 Å². The number of fused-ring (bicyclic) bond motifs is 1. The molecular weight excluding hydrogens is 506 g/mol. The first-order valence-corrected chi connectivity index (χ1v) is 8.10. The predicted molar refractivity (Wildman–Crippen MR) is 101 cm³/mol. The van der Waals surface area contributed by atoms with E-state index in [-0.39, 0.29) is 31.6 Å². The average Bonchev–Trinajstić information content (AvgIpc) is 2.61. The summed E-state index contributed by atoms with van der Waals surface area (Å²) in [5, 5.41) is 8.40. The van der Waals surface area contributed by atoms with Crippen molar-refractivity contribution in [1.82, 2.24) is 0 Å². The van der Waals surface area contributed by atoms with Crippen molar-refractivity contribution in [3.63, 3.8) is 0 Å². The molecule has 0 unspecified atom stereocenters. The third-order valence-corrected chi connectivity index (χ3v) is 3.62. The van der Waals surface area contributed by atoms with Crippen LogP contribution in [0.4, 0.5) is 0 Å². The van der Waals surface area contributed by atoms with Gasteiger partial charge in [0.15, 0.2) is 0 Å². The van der Waals surface area contributed by atoms with Crippen molar-refractivity contribution >= 4 is 11.5 Å². The number of methoxy groups -OCH3 is 1. The van der Waals surface area contributed by atoms with Crippen LogP contribution in [0.3, 0.4) is 0 Å². The summed E-state index contributed by atoms with van der Waals surface area (Å²) >= 11 is 0. The number of hydrogen-bond donors (Lipinski definition) is 1. The second-order valence-electron chi connectivity index (χ2n) is 5.71. The number of ether oxygens (including phenoxy) is 1. The Morgan fingerprint density at radius 3 is 2.50 bits per heavy atom. The van der Waals surface area contributed by atoms with E-state index in [1.807, 2.05) is 18.2 Å². The molecule has 2 aromatic carbocycles. The first-order chi connectivity index (χ1) is 12.0. The number of allylic oxidation sites excluding steroid dienone is 2. The molecule has 0 aliphatic carbocycles. The van der Waals surface area contributed by atoms with Gasteiger partial charge in [-0.1, -0.05) is 24.3 Å². The van der Waals surface area contributed by atoms with Gasteiger partial charge in [-0.3, -0.25) is 4.79 Å². The van der Waals surface area contributed by atoms with Crippen LogP contribution in [0.2, 0.25) is 0 Å². The molecule has 4 nitrogen and oxygen atoms in total. The van der Waals surface area contributed by atoms with Crippen molar-refractivity contribution in [2.45, 2.75) is 20.3 Å². The monoisotopic (exact) mass is 530 g/mol. The summed E-state index contributed by atoms with van der Waals surface area (Å²) in [6, 6.07) is 17.5. The van der Waals surface area contributed by atoms with Crippen molar-refractivity contribution in [2.75, 3.05) is 13.7 Å². The van der Waals surface area contributed by atoms with E-state index in [0.717, 1.165) is 30.0 Å². The predicted octanol–water partition coefficient (Wildman–Crippen LogP) is 3.90. The Morgan fingerprint density at radius 1 is 1.23 bits per heavy atom. The smallest absolute Gasteiger partial charge is 0.316 e. The zero-order chi connectivity index (χ0) is 18.2. The summed E-state index contributed by atoms with van der Waals surface area (Å²) in [5.74, 6) is 1.07. The van der Waals surface area contributed by atoms with Crippen LogP contribution >= 0.6 is 0 Å². The standard InChI is InChI=1S/C16H14NO.C5H8O2.Ir/c1-18-14-8-6-13(7-9-14)16-15-5-3-2-4-12(15)10-11-17-16;1-4(6)3-5(2)7;/h2-6,8-9H,10-11H2,1H3;3,6H,1-2H3;/q-1;;/p+1/b;4-3-;. The molecule has 1 radical (unpaired) electrons. The summed E-state index contributed by atoms with van der Waals surface area (Å²) in [6.07, 6.45) is 2.30. The first-order valence-electron chi connectivity index (χ1n) is 8.10. The molecule has 0 amide bonds. The van der Waals surface area contributed by atoms with Gasteiger partial charge in [-0.05, 0) is 30.2 Å². The van der Waals surface area contributed by atoms with Gasteiger partial charge in [0.2, 0.25) is 0 Å². The van der Waals surface area contributed by atoms with Gasteiger partial charge in [0.05, 0.1) is 25.9 Å². The molecule has 0 saturated carbocycles. The molecule has 2 N–H and O–H groups in total. The molecule has 0 spiro atoms. The van der Waals surface area contributed by atoms with Crippen molar-refractivity contribution in [3.8, 4) is 5.75 Å². The summed E-state index contributed by atoms with van der Waals surface area (Å²) < 4.78 is 5.15. The minimum absolute atomic E-state index is 0. The molecule has 26 heavy (non-hydrogen) atoms. The molecule has 1 heterocycles. The topological polar surface area (TPSA) is 63.2 Å². The van der Waals surface area contributed by atoms with Crippen LogP contribution in [0.5, 0.6) is 5.75 Å². The third-order valence-electron chi connectivity index (χ3n) is 3.62. The minimum Gasteiger partial charge on any atom is -0.540 e. The molecule has 1 aliphatic heterocycles. The minimum atomic E-state index is 0. The van der Waals surface area contributed by atoms with E-state index >= 15 is 0 Å². The Labute approximate surface area is 168 Å². The van der Waals surface area contributed by atoms with E-state index in [1.54, 1.807) is 7.11 Å². The molecule has 0 saturated heterocycles. The third kappa shape index (κ3) is 6.25.